The monoisotopic (exact) mass is 290 g/mol. The molecule has 1 aromatic carbocycles. The lowest BCUT2D eigenvalue weighted by atomic mass is 10.0. The van der Waals surface area contributed by atoms with Crippen LogP contribution in [-0.4, -0.2) is 19.1 Å². The van der Waals surface area contributed by atoms with E-state index in [-0.39, 0.29) is 6.03 Å². The molecule has 2 amide bonds. The third-order valence-electron chi connectivity index (χ3n) is 4.13. The second kappa shape index (κ2) is 8.71. The fourth-order valence-corrected chi connectivity index (χ4v) is 2.51. The summed E-state index contributed by atoms with van der Waals surface area (Å²) in [7, 11) is 0. The summed E-state index contributed by atoms with van der Waals surface area (Å²) >= 11 is 0. The number of nitrogens with one attached hydrogen (secondary N) is 1. The van der Waals surface area contributed by atoms with Gasteiger partial charge in [0.15, 0.2) is 0 Å². The van der Waals surface area contributed by atoms with Crippen LogP contribution >= 0.6 is 0 Å². The molecule has 3 heteroatoms. The van der Waals surface area contributed by atoms with Crippen LogP contribution in [0, 0.1) is 20.8 Å². The molecular formula is C18H30N2O. The lowest BCUT2D eigenvalue weighted by Gasteiger charge is -2.26. The Balaban J connectivity index is 2.95. The number of nitrogens with zero attached hydrogens (tertiary/aromatic N) is 1. The summed E-state index contributed by atoms with van der Waals surface area (Å²) in [5, 5.41) is 2.93. The highest BCUT2D eigenvalue weighted by atomic mass is 16.2. The summed E-state index contributed by atoms with van der Waals surface area (Å²) in [6.07, 6.45) is 4.67. The van der Waals surface area contributed by atoms with Crippen LogP contribution in [0.15, 0.2) is 12.1 Å². The maximum absolute atomic E-state index is 12.4. The topological polar surface area (TPSA) is 32.3 Å². The predicted molar refractivity (Wildman–Crippen MR) is 91.2 cm³/mol. The number of benzene rings is 1. The second-order valence-electron chi connectivity index (χ2n) is 5.70. The fourth-order valence-electron chi connectivity index (χ4n) is 2.51. The molecule has 0 aliphatic rings. The molecule has 0 fully saturated rings. The van der Waals surface area contributed by atoms with Gasteiger partial charge in [-0.15, -0.1) is 0 Å². The molecule has 1 rings (SSSR count). The minimum atomic E-state index is 0.0142. The Bertz CT molecular complexity index is 469. The summed E-state index contributed by atoms with van der Waals surface area (Å²) in [6.45, 7) is 12.0. The first-order chi connectivity index (χ1) is 10.0. The summed E-state index contributed by atoms with van der Waals surface area (Å²) in [5.41, 5.74) is 4.80. The number of rotatable bonds is 7. The molecule has 21 heavy (non-hydrogen) atoms. The SMILES string of the molecule is CCCCCCN(C(=O)NCC)c1ccc(C)c(C)c1C. The highest BCUT2D eigenvalue weighted by Crippen LogP contribution is 2.26. The van der Waals surface area contributed by atoms with Crippen molar-refractivity contribution in [3.05, 3.63) is 28.8 Å². The van der Waals surface area contributed by atoms with Crippen LogP contribution < -0.4 is 10.2 Å². The summed E-state index contributed by atoms with van der Waals surface area (Å²) in [5.74, 6) is 0. The average Bonchev–Trinajstić information content (AvgIpc) is 2.46. The van der Waals surface area contributed by atoms with Crippen molar-refractivity contribution < 1.29 is 4.79 Å². The molecule has 3 nitrogen and oxygen atoms in total. The van der Waals surface area contributed by atoms with E-state index >= 15 is 0 Å². The molecule has 0 aliphatic heterocycles. The minimum Gasteiger partial charge on any atom is -0.338 e. The third-order valence-corrected chi connectivity index (χ3v) is 4.13. The molecule has 0 saturated heterocycles. The van der Waals surface area contributed by atoms with Gasteiger partial charge in [0.2, 0.25) is 0 Å². The number of urea groups is 1. The van der Waals surface area contributed by atoms with Crippen molar-refractivity contribution in [2.24, 2.45) is 0 Å². The van der Waals surface area contributed by atoms with E-state index in [2.05, 4.69) is 45.1 Å². The van der Waals surface area contributed by atoms with E-state index in [1.165, 1.54) is 36.0 Å². The number of carbonyl (C=O) groups is 1. The van der Waals surface area contributed by atoms with E-state index in [0.717, 1.165) is 18.7 Å². The number of hydrogen-bond acceptors (Lipinski definition) is 1. The van der Waals surface area contributed by atoms with Gasteiger partial charge >= 0.3 is 6.03 Å². The van der Waals surface area contributed by atoms with Crippen molar-refractivity contribution in [1.82, 2.24) is 5.32 Å². The van der Waals surface area contributed by atoms with Crippen LogP contribution in [0.25, 0.3) is 0 Å². The Morgan fingerprint density at radius 3 is 2.38 bits per heavy atom. The van der Waals surface area contributed by atoms with Gasteiger partial charge < -0.3 is 5.32 Å². The molecule has 0 spiro atoms. The summed E-state index contributed by atoms with van der Waals surface area (Å²) in [6, 6.07) is 4.20. The summed E-state index contributed by atoms with van der Waals surface area (Å²) in [4.78, 5) is 14.3. The Labute approximate surface area is 129 Å². The largest absolute Gasteiger partial charge is 0.338 e. The normalized spacial score (nSPS) is 10.5. The molecule has 1 N–H and O–H groups in total. The molecule has 0 aliphatic carbocycles. The highest BCUT2D eigenvalue weighted by molar-refractivity contribution is 5.93. The molecule has 0 aromatic heterocycles. The van der Waals surface area contributed by atoms with Crippen molar-refractivity contribution in [3.8, 4) is 0 Å². The first-order valence-corrected chi connectivity index (χ1v) is 8.15. The molecule has 0 heterocycles. The third kappa shape index (κ3) is 4.76. The van der Waals surface area contributed by atoms with Crippen LogP contribution in [0.2, 0.25) is 0 Å². The molecule has 0 radical (unpaired) electrons. The fraction of sp³-hybridized carbons (Fsp3) is 0.611. The van der Waals surface area contributed by atoms with Gasteiger partial charge in [0.05, 0.1) is 0 Å². The van der Waals surface area contributed by atoms with Gasteiger partial charge in [0.1, 0.15) is 0 Å². The average molecular weight is 290 g/mol. The highest BCUT2D eigenvalue weighted by Gasteiger charge is 2.17. The van der Waals surface area contributed by atoms with Crippen molar-refractivity contribution in [1.29, 1.82) is 0 Å². The van der Waals surface area contributed by atoms with E-state index in [4.69, 9.17) is 0 Å². The molecule has 0 atom stereocenters. The first kappa shape index (κ1) is 17.5. The number of unbranched alkanes of at least 4 members (excludes halogenated alkanes) is 3. The predicted octanol–water partition coefficient (Wildman–Crippen LogP) is 4.73. The zero-order valence-electron chi connectivity index (χ0n) is 14.3. The van der Waals surface area contributed by atoms with E-state index in [1.807, 2.05) is 11.8 Å². The lowest BCUT2D eigenvalue weighted by Crippen LogP contribution is -2.41. The molecule has 0 saturated carbocycles. The molecule has 0 bridgehead atoms. The van der Waals surface area contributed by atoms with Crippen molar-refractivity contribution in [2.45, 2.75) is 60.3 Å². The van der Waals surface area contributed by atoms with Crippen molar-refractivity contribution >= 4 is 11.7 Å². The number of hydrogen-bond donors (Lipinski definition) is 1. The Morgan fingerprint density at radius 1 is 1.05 bits per heavy atom. The molecular weight excluding hydrogens is 260 g/mol. The summed E-state index contributed by atoms with van der Waals surface area (Å²) < 4.78 is 0. The second-order valence-corrected chi connectivity index (χ2v) is 5.70. The van der Waals surface area contributed by atoms with E-state index in [0.29, 0.717) is 6.54 Å². The lowest BCUT2D eigenvalue weighted by molar-refractivity contribution is 0.246. The molecule has 118 valence electrons. The zero-order chi connectivity index (χ0) is 15.8. The van der Waals surface area contributed by atoms with Crippen molar-refractivity contribution in [2.75, 3.05) is 18.0 Å². The quantitative estimate of drug-likeness (QED) is 0.723. The molecule has 0 unspecified atom stereocenters. The number of amides is 2. The van der Waals surface area contributed by atoms with Crippen LogP contribution in [0.3, 0.4) is 0 Å². The maximum Gasteiger partial charge on any atom is 0.321 e. The van der Waals surface area contributed by atoms with Gasteiger partial charge in [-0.25, -0.2) is 4.79 Å². The maximum atomic E-state index is 12.4. The van der Waals surface area contributed by atoms with E-state index < -0.39 is 0 Å². The minimum absolute atomic E-state index is 0.0142. The standard InChI is InChI=1S/C18H30N2O/c1-6-8-9-10-13-20(18(21)19-7-2)17-12-11-14(3)15(4)16(17)5/h11-12H,6-10,13H2,1-5H3,(H,19,21). The van der Waals surface area contributed by atoms with Crippen LogP contribution in [0.1, 0.15) is 56.2 Å². The van der Waals surface area contributed by atoms with Crippen LogP contribution in [-0.2, 0) is 0 Å². The number of carbonyl (C=O) groups excluding carboxylic acids is 1. The van der Waals surface area contributed by atoms with Gasteiger partial charge in [-0.2, -0.15) is 0 Å². The number of aryl methyl sites for hydroxylation is 1. The van der Waals surface area contributed by atoms with Gasteiger partial charge in [0.25, 0.3) is 0 Å². The van der Waals surface area contributed by atoms with Gasteiger partial charge in [-0.05, 0) is 56.9 Å². The zero-order valence-corrected chi connectivity index (χ0v) is 14.3. The van der Waals surface area contributed by atoms with Crippen molar-refractivity contribution in [3.63, 3.8) is 0 Å². The Morgan fingerprint density at radius 2 is 1.76 bits per heavy atom. The Hall–Kier alpha value is -1.51. The Kier molecular flexibility index (Phi) is 7.27. The van der Waals surface area contributed by atoms with Crippen LogP contribution in [0.4, 0.5) is 10.5 Å². The van der Waals surface area contributed by atoms with Crippen LogP contribution in [0.5, 0.6) is 0 Å². The first-order valence-electron chi connectivity index (χ1n) is 8.15. The van der Waals surface area contributed by atoms with E-state index in [1.54, 1.807) is 0 Å². The smallest absolute Gasteiger partial charge is 0.321 e. The van der Waals surface area contributed by atoms with Gasteiger partial charge in [-0.3, -0.25) is 4.90 Å². The van der Waals surface area contributed by atoms with Gasteiger partial charge in [-0.1, -0.05) is 32.3 Å². The van der Waals surface area contributed by atoms with E-state index in [9.17, 15) is 4.79 Å². The van der Waals surface area contributed by atoms with Gasteiger partial charge in [0, 0.05) is 18.8 Å². The molecule has 1 aromatic rings. The number of anilines is 1.